The van der Waals surface area contributed by atoms with Crippen molar-refractivity contribution >= 4 is 22.5 Å². The van der Waals surface area contributed by atoms with Crippen LogP contribution in [0.2, 0.25) is 0 Å². The fraction of sp³-hybridized carbons (Fsp3) is 0.333. The molecular formula is C15H17N3O. The van der Waals surface area contributed by atoms with Gasteiger partial charge < -0.3 is 11.1 Å². The van der Waals surface area contributed by atoms with Gasteiger partial charge in [-0.1, -0.05) is 31.5 Å². The molecule has 2 aromatic rings. The average molecular weight is 255 g/mol. The monoisotopic (exact) mass is 255 g/mol. The van der Waals surface area contributed by atoms with E-state index in [2.05, 4.69) is 17.2 Å². The summed E-state index contributed by atoms with van der Waals surface area (Å²) in [6.07, 6.45) is 2.18. The van der Waals surface area contributed by atoms with E-state index in [-0.39, 0.29) is 5.91 Å². The standard InChI is InChI=1S/C15H17N3O/c1-2-9-7-13(9)18-15(19)14-8-11(16)10-5-3-4-6-12(10)17-14/h3-6,8-9,13H,2,7H2,1H3,(H2,16,17)(H,18,19). The maximum absolute atomic E-state index is 12.1. The summed E-state index contributed by atoms with van der Waals surface area (Å²) in [7, 11) is 0. The number of para-hydroxylation sites is 1. The number of hydrogen-bond donors (Lipinski definition) is 2. The Morgan fingerprint density at radius 2 is 2.26 bits per heavy atom. The zero-order chi connectivity index (χ0) is 13.4. The number of pyridine rings is 1. The quantitative estimate of drug-likeness (QED) is 0.884. The number of carbonyl (C=O) groups excluding carboxylic acids is 1. The summed E-state index contributed by atoms with van der Waals surface area (Å²) in [6, 6.07) is 9.55. The summed E-state index contributed by atoms with van der Waals surface area (Å²) in [5.41, 5.74) is 7.73. The van der Waals surface area contributed by atoms with E-state index in [1.165, 1.54) is 0 Å². The molecule has 2 atom stereocenters. The first kappa shape index (κ1) is 12.0. The Hall–Kier alpha value is -2.10. The molecule has 0 aliphatic heterocycles. The highest BCUT2D eigenvalue weighted by atomic mass is 16.2. The lowest BCUT2D eigenvalue weighted by Crippen LogP contribution is -2.27. The Balaban J connectivity index is 1.86. The van der Waals surface area contributed by atoms with E-state index >= 15 is 0 Å². The molecule has 0 bridgehead atoms. The number of amides is 1. The topological polar surface area (TPSA) is 68.0 Å². The van der Waals surface area contributed by atoms with E-state index in [9.17, 15) is 4.79 Å². The highest BCUT2D eigenvalue weighted by molar-refractivity contribution is 5.99. The number of nitrogens with two attached hydrogens (primary N) is 1. The molecule has 4 nitrogen and oxygen atoms in total. The number of aromatic nitrogens is 1. The summed E-state index contributed by atoms with van der Waals surface area (Å²) in [5, 5.41) is 3.89. The van der Waals surface area contributed by atoms with Gasteiger partial charge in [0.1, 0.15) is 5.69 Å². The van der Waals surface area contributed by atoms with Gasteiger partial charge in [-0.15, -0.1) is 0 Å². The minimum Gasteiger partial charge on any atom is -0.398 e. The van der Waals surface area contributed by atoms with Crippen LogP contribution in [0, 0.1) is 5.92 Å². The molecule has 1 saturated carbocycles. The van der Waals surface area contributed by atoms with Gasteiger partial charge in [0.05, 0.1) is 5.52 Å². The van der Waals surface area contributed by atoms with Crippen LogP contribution in [0.25, 0.3) is 10.9 Å². The fourth-order valence-corrected chi connectivity index (χ4v) is 2.44. The van der Waals surface area contributed by atoms with Gasteiger partial charge in [-0.25, -0.2) is 4.98 Å². The van der Waals surface area contributed by atoms with Gasteiger partial charge in [0.2, 0.25) is 0 Å². The van der Waals surface area contributed by atoms with Gasteiger partial charge in [0.15, 0.2) is 0 Å². The van der Waals surface area contributed by atoms with Gasteiger partial charge in [-0.05, 0) is 24.5 Å². The molecule has 0 spiro atoms. The number of hydrogen-bond acceptors (Lipinski definition) is 3. The highest BCUT2D eigenvalue weighted by Crippen LogP contribution is 2.33. The van der Waals surface area contributed by atoms with Crippen LogP contribution in [0.5, 0.6) is 0 Å². The van der Waals surface area contributed by atoms with E-state index in [4.69, 9.17) is 5.73 Å². The van der Waals surface area contributed by atoms with Crippen molar-refractivity contribution in [2.24, 2.45) is 5.92 Å². The Kier molecular flexibility index (Phi) is 2.85. The average Bonchev–Trinajstić information content (AvgIpc) is 3.17. The molecule has 1 heterocycles. The van der Waals surface area contributed by atoms with E-state index in [0.717, 1.165) is 23.7 Å². The normalized spacial score (nSPS) is 21.3. The molecule has 2 unspecified atom stereocenters. The van der Waals surface area contributed by atoms with Crippen LogP contribution < -0.4 is 11.1 Å². The third-order valence-electron chi connectivity index (χ3n) is 3.74. The van der Waals surface area contributed by atoms with Crippen LogP contribution in [0.3, 0.4) is 0 Å². The molecule has 1 amide bonds. The van der Waals surface area contributed by atoms with E-state index in [1.54, 1.807) is 6.07 Å². The largest absolute Gasteiger partial charge is 0.398 e. The summed E-state index contributed by atoms with van der Waals surface area (Å²) < 4.78 is 0. The number of nitrogen functional groups attached to an aromatic ring is 1. The van der Waals surface area contributed by atoms with Crippen molar-refractivity contribution in [3.63, 3.8) is 0 Å². The first-order chi connectivity index (χ1) is 9.19. The number of nitrogens with one attached hydrogen (secondary N) is 1. The third kappa shape index (κ3) is 2.26. The molecule has 1 aromatic carbocycles. The van der Waals surface area contributed by atoms with Crippen molar-refractivity contribution in [2.75, 3.05) is 5.73 Å². The first-order valence-electron chi connectivity index (χ1n) is 6.65. The molecular weight excluding hydrogens is 238 g/mol. The van der Waals surface area contributed by atoms with Gasteiger partial charge in [-0.2, -0.15) is 0 Å². The number of fused-ring (bicyclic) bond motifs is 1. The maximum Gasteiger partial charge on any atom is 0.270 e. The molecule has 0 saturated heterocycles. The van der Waals surface area contributed by atoms with Gasteiger partial charge >= 0.3 is 0 Å². The predicted molar refractivity (Wildman–Crippen MR) is 75.8 cm³/mol. The molecule has 98 valence electrons. The van der Waals surface area contributed by atoms with Crippen molar-refractivity contribution in [2.45, 2.75) is 25.8 Å². The lowest BCUT2D eigenvalue weighted by Gasteiger charge is -2.07. The molecule has 1 aliphatic rings. The van der Waals surface area contributed by atoms with Crippen molar-refractivity contribution in [3.05, 3.63) is 36.0 Å². The predicted octanol–water partition coefficient (Wildman–Crippen LogP) is 2.35. The van der Waals surface area contributed by atoms with Crippen LogP contribution >= 0.6 is 0 Å². The molecule has 0 radical (unpaired) electrons. The van der Waals surface area contributed by atoms with Crippen LogP contribution in [0.15, 0.2) is 30.3 Å². The minimum atomic E-state index is -0.126. The highest BCUT2D eigenvalue weighted by Gasteiger charge is 2.36. The third-order valence-corrected chi connectivity index (χ3v) is 3.74. The van der Waals surface area contributed by atoms with E-state index in [0.29, 0.717) is 23.3 Å². The summed E-state index contributed by atoms with van der Waals surface area (Å²) in [6.45, 7) is 2.14. The second kappa shape index (κ2) is 4.53. The second-order valence-electron chi connectivity index (χ2n) is 5.10. The Bertz CT molecular complexity index is 638. The summed E-state index contributed by atoms with van der Waals surface area (Å²) in [5.74, 6) is 0.500. The maximum atomic E-state index is 12.1. The van der Waals surface area contributed by atoms with Crippen LogP contribution in [0.1, 0.15) is 30.3 Å². The lowest BCUT2D eigenvalue weighted by molar-refractivity contribution is 0.0944. The van der Waals surface area contributed by atoms with E-state index < -0.39 is 0 Å². The molecule has 1 fully saturated rings. The molecule has 19 heavy (non-hydrogen) atoms. The number of benzene rings is 1. The first-order valence-corrected chi connectivity index (χ1v) is 6.65. The molecule has 3 rings (SSSR count). The molecule has 1 aromatic heterocycles. The SMILES string of the molecule is CCC1CC1NC(=O)c1cc(N)c2ccccc2n1. The molecule has 3 N–H and O–H groups in total. The smallest absolute Gasteiger partial charge is 0.270 e. The van der Waals surface area contributed by atoms with E-state index in [1.807, 2.05) is 24.3 Å². The fourth-order valence-electron chi connectivity index (χ4n) is 2.44. The van der Waals surface area contributed by atoms with Gasteiger partial charge in [0, 0.05) is 17.1 Å². The van der Waals surface area contributed by atoms with Crippen molar-refractivity contribution in [1.29, 1.82) is 0 Å². The minimum absolute atomic E-state index is 0.126. The van der Waals surface area contributed by atoms with Crippen LogP contribution in [-0.4, -0.2) is 16.9 Å². The van der Waals surface area contributed by atoms with Crippen molar-refractivity contribution < 1.29 is 4.79 Å². The zero-order valence-corrected chi connectivity index (χ0v) is 10.9. The number of carbonyl (C=O) groups is 1. The van der Waals surface area contributed by atoms with Gasteiger partial charge in [0.25, 0.3) is 5.91 Å². The lowest BCUT2D eigenvalue weighted by atomic mass is 10.1. The Morgan fingerprint density at radius 1 is 1.47 bits per heavy atom. The Morgan fingerprint density at radius 3 is 3.00 bits per heavy atom. The molecule has 4 heteroatoms. The zero-order valence-electron chi connectivity index (χ0n) is 10.9. The van der Waals surface area contributed by atoms with Crippen molar-refractivity contribution in [3.8, 4) is 0 Å². The van der Waals surface area contributed by atoms with Crippen LogP contribution in [-0.2, 0) is 0 Å². The van der Waals surface area contributed by atoms with Gasteiger partial charge in [-0.3, -0.25) is 4.79 Å². The number of nitrogens with zero attached hydrogens (tertiary/aromatic N) is 1. The summed E-state index contributed by atoms with van der Waals surface area (Å²) >= 11 is 0. The van der Waals surface area contributed by atoms with Crippen LogP contribution in [0.4, 0.5) is 5.69 Å². The Labute approximate surface area is 112 Å². The molecule has 1 aliphatic carbocycles. The summed E-state index contributed by atoms with van der Waals surface area (Å²) in [4.78, 5) is 16.5. The number of rotatable bonds is 3. The van der Waals surface area contributed by atoms with Crippen molar-refractivity contribution in [1.82, 2.24) is 10.3 Å². The number of anilines is 1. The second-order valence-corrected chi connectivity index (χ2v) is 5.10.